The maximum Gasteiger partial charge on any atom is 0.243 e. The first-order chi connectivity index (χ1) is 11.6. The zero-order chi connectivity index (χ0) is 18.3. The van der Waals surface area contributed by atoms with E-state index in [9.17, 15) is 13.5 Å². The van der Waals surface area contributed by atoms with Crippen LogP contribution in [0.5, 0.6) is 0 Å². The van der Waals surface area contributed by atoms with Crippen LogP contribution in [0.1, 0.15) is 57.9 Å². The van der Waals surface area contributed by atoms with E-state index < -0.39 is 15.6 Å². The van der Waals surface area contributed by atoms with Gasteiger partial charge in [0.15, 0.2) is 0 Å². The summed E-state index contributed by atoms with van der Waals surface area (Å²) in [4.78, 5) is 0.351. The Morgan fingerprint density at radius 2 is 1.72 bits per heavy atom. The highest BCUT2D eigenvalue weighted by Crippen LogP contribution is 2.40. The molecular weight excluding hydrogens is 338 g/mol. The number of piperidine rings is 1. The molecule has 0 amide bonds. The molecule has 5 nitrogen and oxygen atoms in total. The molecule has 2 aliphatic rings. The molecule has 1 aromatic carbocycles. The van der Waals surface area contributed by atoms with Crippen molar-refractivity contribution < 1.29 is 18.3 Å². The number of ether oxygens (including phenoxy) is 1. The predicted octanol–water partition coefficient (Wildman–Crippen LogP) is 2.89. The summed E-state index contributed by atoms with van der Waals surface area (Å²) in [6.45, 7) is 7.43. The number of nitrogens with zero attached hydrogens (tertiary/aromatic N) is 1. The lowest BCUT2D eigenvalue weighted by atomic mass is 9.78. The third kappa shape index (κ3) is 3.92. The Morgan fingerprint density at radius 3 is 2.24 bits per heavy atom. The van der Waals surface area contributed by atoms with Gasteiger partial charge < -0.3 is 9.84 Å². The van der Waals surface area contributed by atoms with Crippen molar-refractivity contribution in [2.24, 2.45) is 0 Å². The highest BCUT2D eigenvalue weighted by Gasteiger charge is 2.46. The first-order valence-electron chi connectivity index (χ1n) is 9.10. The van der Waals surface area contributed by atoms with Crippen molar-refractivity contribution in [3.05, 3.63) is 29.8 Å². The molecule has 1 aromatic rings. The lowest BCUT2D eigenvalue weighted by Crippen LogP contribution is -2.54. The molecule has 2 heterocycles. The van der Waals surface area contributed by atoms with Crippen LogP contribution in [-0.4, -0.2) is 48.7 Å². The van der Waals surface area contributed by atoms with Crippen LogP contribution >= 0.6 is 0 Å². The minimum absolute atomic E-state index is 0.351. The van der Waals surface area contributed by atoms with Crippen LogP contribution in [0.25, 0.3) is 0 Å². The van der Waals surface area contributed by atoms with Crippen LogP contribution in [0.3, 0.4) is 0 Å². The number of sulfonamides is 1. The Hall–Kier alpha value is -0.950. The fraction of sp³-hybridized carbons (Fsp3) is 0.684. The second-order valence-electron chi connectivity index (χ2n) is 8.08. The van der Waals surface area contributed by atoms with Crippen molar-refractivity contribution in [3.63, 3.8) is 0 Å². The molecule has 2 saturated heterocycles. The maximum absolute atomic E-state index is 12.9. The topological polar surface area (TPSA) is 66.8 Å². The van der Waals surface area contributed by atoms with Crippen LogP contribution in [0, 0.1) is 0 Å². The molecule has 1 spiro atoms. The number of aliphatic hydroxyl groups is 1. The Kier molecular flexibility index (Phi) is 5.01. The molecule has 1 atom stereocenters. The van der Waals surface area contributed by atoms with Crippen molar-refractivity contribution in [1.29, 1.82) is 0 Å². The van der Waals surface area contributed by atoms with Crippen molar-refractivity contribution in [3.8, 4) is 0 Å². The molecule has 1 N–H and O–H groups in total. The smallest absolute Gasteiger partial charge is 0.243 e. The van der Waals surface area contributed by atoms with Crippen LogP contribution in [0.4, 0.5) is 0 Å². The summed E-state index contributed by atoms with van der Waals surface area (Å²) < 4.78 is 33.3. The minimum atomic E-state index is -3.47. The van der Waals surface area contributed by atoms with Crippen LogP contribution in [0.15, 0.2) is 29.2 Å². The molecule has 2 fully saturated rings. The molecule has 0 aromatic heterocycles. The Morgan fingerprint density at radius 1 is 1.12 bits per heavy atom. The normalized spacial score (nSPS) is 27.7. The second kappa shape index (κ2) is 6.65. The fourth-order valence-corrected chi connectivity index (χ4v) is 5.39. The van der Waals surface area contributed by atoms with Gasteiger partial charge in [-0.05, 0) is 49.8 Å². The van der Waals surface area contributed by atoms with Gasteiger partial charge in [0.2, 0.25) is 10.0 Å². The van der Waals surface area contributed by atoms with Crippen molar-refractivity contribution in [2.45, 2.75) is 68.5 Å². The molecule has 6 heteroatoms. The highest BCUT2D eigenvalue weighted by atomic mass is 32.2. The van der Waals surface area contributed by atoms with E-state index in [1.807, 2.05) is 19.1 Å². The summed E-state index contributed by atoms with van der Waals surface area (Å²) in [5.74, 6) is 0.378. The van der Waals surface area contributed by atoms with E-state index in [4.69, 9.17) is 4.74 Å². The fourth-order valence-electron chi connectivity index (χ4n) is 3.95. The van der Waals surface area contributed by atoms with Crippen molar-refractivity contribution >= 4 is 10.0 Å². The number of hydrogen-bond acceptors (Lipinski definition) is 4. The van der Waals surface area contributed by atoms with E-state index >= 15 is 0 Å². The summed E-state index contributed by atoms with van der Waals surface area (Å²) in [7, 11) is -3.47. The SMILES string of the molecule is CC(C)c1ccc(S(=O)(=O)N2CCC3(CC2)CC(C)(O)CCO3)cc1. The van der Waals surface area contributed by atoms with Gasteiger partial charge in [0, 0.05) is 19.5 Å². The zero-order valence-electron chi connectivity index (χ0n) is 15.4. The summed E-state index contributed by atoms with van der Waals surface area (Å²) in [5, 5.41) is 10.4. The molecule has 0 saturated carbocycles. The third-order valence-electron chi connectivity index (χ3n) is 5.57. The van der Waals surface area contributed by atoms with Crippen LogP contribution < -0.4 is 0 Å². The predicted molar refractivity (Wildman–Crippen MR) is 97.1 cm³/mol. The summed E-state index contributed by atoms with van der Waals surface area (Å²) in [6.07, 6.45) is 2.48. The van der Waals surface area contributed by atoms with Gasteiger partial charge in [0.1, 0.15) is 0 Å². The van der Waals surface area contributed by atoms with Gasteiger partial charge in [-0.15, -0.1) is 0 Å². The molecule has 2 aliphatic heterocycles. The largest absolute Gasteiger partial charge is 0.390 e. The summed E-state index contributed by atoms with van der Waals surface area (Å²) >= 11 is 0. The average Bonchev–Trinajstić information content (AvgIpc) is 2.54. The van der Waals surface area contributed by atoms with Crippen LogP contribution in [0.2, 0.25) is 0 Å². The Balaban J connectivity index is 1.71. The molecule has 0 aliphatic carbocycles. The third-order valence-corrected chi connectivity index (χ3v) is 7.48. The Bertz CT molecular complexity index is 701. The molecule has 1 unspecified atom stereocenters. The molecular formula is C19H29NO4S. The highest BCUT2D eigenvalue weighted by molar-refractivity contribution is 7.89. The van der Waals surface area contributed by atoms with E-state index in [-0.39, 0.29) is 5.60 Å². The number of rotatable bonds is 3. The quantitative estimate of drug-likeness (QED) is 0.892. The zero-order valence-corrected chi connectivity index (χ0v) is 16.2. The lowest BCUT2D eigenvalue weighted by Gasteiger charge is -2.47. The van der Waals surface area contributed by atoms with Gasteiger partial charge in [0.05, 0.1) is 22.7 Å². The number of benzene rings is 1. The molecule has 0 radical (unpaired) electrons. The van der Waals surface area contributed by atoms with Gasteiger partial charge in [0.25, 0.3) is 0 Å². The van der Waals surface area contributed by atoms with Crippen molar-refractivity contribution in [2.75, 3.05) is 19.7 Å². The van der Waals surface area contributed by atoms with E-state index in [0.717, 1.165) is 5.56 Å². The molecule has 0 bridgehead atoms. The van der Waals surface area contributed by atoms with Gasteiger partial charge in [-0.3, -0.25) is 0 Å². The van der Waals surface area contributed by atoms with Crippen molar-refractivity contribution in [1.82, 2.24) is 4.31 Å². The van der Waals surface area contributed by atoms with E-state index in [1.54, 1.807) is 16.4 Å². The standard InChI is InChI=1S/C19H29NO4S/c1-15(2)16-4-6-17(7-5-16)25(22,23)20-11-8-19(9-12-20)14-18(3,21)10-13-24-19/h4-7,15,21H,8-14H2,1-3H3. The van der Waals surface area contributed by atoms with Gasteiger partial charge in [-0.25, -0.2) is 8.42 Å². The van der Waals surface area contributed by atoms with Gasteiger partial charge >= 0.3 is 0 Å². The second-order valence-corrected chi connectivity index (χ2v) is 10.0. The Labute approximate surface area is 151 Å². The summed E-state index contributed by atoms with van der Waals surface area (Å²) in [6, 6.07) is 7.20. The van der Waals surface area contributed by atoms with E-state index in [0.29, 0.717) is 56.2 Å². The van der Waals surface area contributed by atoms with Crippen LogP contribution in [-0.2, 0) is 14.8 Å². The van der Waals surface area contributed by atoms with E-state index in [2.05, 4.69) is 13.8 Å². The molecule has 3 rings (SSSR count). The number of hydrogen-bond donors (Lipinski definition) is 1. The summed E-state index contributed by atoms with van der Waals surface area (Å²) in [5.41, 5.74) is 0.0377. The lowest BCUT2D eigenvalue weighted by molar-refractivity contribution is -0.168. The van der Waals surface area contributed by atoms with Gasteiger partial charge in [-0.1, -0.05) is 26.0 Å². The van der Waals surface area contributed by atoms with Gasteiger partial charge in [-0.2, -0.15) is 4.31 Å². The average molecular weight is 368 g/mol. The first-order valence-corrected chi connectivity index (χ1v) is 10.5. The molecule has 140 valence electrons. The minimum Gasteiger partial charge on any atom is -0.390 e. The maximum atomic E-state index is 12.9. The first kappa shape index (κ1) is 18.8. The molecule has 25 heavy (non-hydrogen) atoms. The monoisotopic (exact) mass is 367 g/mol. The van der Waals surface area contributed by atoms with E-state index in [1.165, 1.54) is 0 Å².